The van der Waals surface area contributed by atoms with Crippen molar-refractivity contribution in [3.8, 4) is 0 Å². The van der Waals surface area contributed by atoms with Crippen LogP contribution in [0.15, 0.2) is 0 Å². The Morgan fingerprint density at radius 3 is 1.60 bits per heavy atom. The van der Waals surface area contributed by atoms with E-state index in [1.165, 1.54) is 12.8 Å². The predicted molar refractivity (Wildman–Crippen MR) is 59.9 cm³/mol. The topological polar surface area (TPSA) is 161 Å². The van der Waals surface area contributed by atoms with Gasteiger partial charge in [-0.05, 0) is 12.8 Å². The van der Waals surface area contributed by atoms with Crippen molar-refractivity contribution >= 4 is 17.8 Å². The molecule has 1 amide bonds. The van der Waals surface area contributed by atoms with E-state index in [9.17, 15) is 24.6 Å². The van der Waals surface area contributed by atoms with E-state index < -0.39 is 29.8 Å². The zero-order valence-corrected chi connectivity index (χ0v) is 13.0. The van der Waals surface area contributed by atoms with E-state index >= 15 is 0 Å². The Morgan fingerprint density at radius 2 is 1.45 bits per heavy atom. The first-order chi connectivity index (χ1) is 8.79. The van der Waals surface area contributed by atoms with Crippen molar-refractivity contribution < 1.29 is 45.7 Å². The Kier molecular flexibility index (Phi) is 7.33. The molecule has 0 spiro atoms. The molecule has 0 aromatic rings. The maximum Gasteiger partial charge on any atom is 2.00 e. The van der Waals surface area contributed by atoms with Crippen LogP contribution >= 0.6 is 0 Å². The molecule has 20 heavy (non-hydrogen) atoms. The summed E-state index contributed by atoms with van der Waals surface area (Å²) in [5.74, 6) is -4.34. The molecule has 1 heterocycles. The van der Waals surface area contributed by atoms with Gasteiger partial charge in [-0.3, -0.25) is 4.79 Å². The van der Waals surface area contributed by atoms with Crippen molar-refractivity contribution in [1.82, 2.24) is 5.32 Å². The van der Waals surface area contributed by atoms with Crippen LogP contribution in [0.4, 0.5) is 0 Å². The summed E-state index contributed by atoms with van der Waals surface area (Å²) in [4.78, 5) is 30.5. The van der Waals surface area contributed by atoms with Gasteiger partial charge in [0.2, 0.25) is 5.91 Å². The van der Waals surface area contributed by atoms with Crippen molar-refractivity contribution in [3.63, 3.8) is 0 Å². The third-order valence-electron chi connectivity index (χ3n) is 3.35. The molecule has 2 atom stereocenters. The minimum Gasteiger partial charge on any atom is -0.547 e. The van der Waals surface area contributed by atoms with Crippen LogP contribution < -0.4 is 27.0 Å². The molecule has 8 nitrogen and oxygen atoms in total. The average Bonchev–Trinajstić information content (AvgIpc) is 2.28. The van der Waals surface area contributed by atoms with Gasteiger partial charge in [0.25, 0.3) is 0 Å². The van der Waals surface area contributed by atoms with Gasteiger partial charge in [-0.1, -0.05) is 12.8 Å². The number of carbonyl (C=O) groups excluding carboxylic acids is 3. The Hall–Kier alpha value is -0.982. The van der Waals surface area contributed by atoms with E-state index in [1.807, 2.05) is 0 Å². The molecule has 0 aromatic heterocycles. The molecule has 0 unspecified atom stereocenters. The van der Waals surface area contributed by atoms with E-state index in [4.69, 9.17) is 11.5 Å². The van der Waals surface area contributed by atoms with Crippen molar-refractivity contribution in [2.45, 2.75) is 49.7 Å². The molecular weight excluding hydrogens is 449 g/mol. The summed E-state index contributed by atoms with van der Waals surface area (Å²) in [7, 11) is 0. The van der Waals surface area contributed by atoms with Crippen LogP contribution in [0.25, 0.3) is 0 Å². The number of amides is 1. The predicted octanol–water partition coefficient (Wildman–Crippen LogP) is -4.04. The number of β-lactam (4-membered cyclic amide) rings is 1. The van der Waals surface area contributed by atoms with E-state index in [0.717, 1.165) is 12.8 Å². The smallest absolute Gasteiger partial charge is 0.547 e. The van der Waals surface area contributed by atoms with Crippen LogP contribution in [0.2, 0.25) is 0 Å². The van der Waals surface area contributed by atoms with Gasteiger partial charge in [0.05, 0.1) is 18.4 Å². The Bertz CT molecular complexity index is 356. The summed E-state index contributed by atoms with van der Waals surface area (Å²) >= 11 is 0. The minimum atomic E-state index is -2.29. The Labute approximate surface area is 130 Å². The van der Waals surface area contributed by atoms with Gasteiger partial charge in [0.1, 0.15) is 5.54 Å². The molecule has 0 aromatic carbocycles. The van der Waals surface area contributed by atoms with Crippen LogP contribution in [0.1, 0.15) is 32.1 Å². The standard InChI is InChI=1S/C6H14N2.C5H5NO5.Pt/c7-5-3-1-2-4-6(5)8;7-2-1-5(6-2,3(8)9)4(10)11;/h5-6H,1-4,7-8H2;1H2,(H,6,7)(H,8,9)(H,10,11);/q;;+2/p-2/t5-,6-;;/m1../s1. The quantitative estimate of drug-likeness (QED) is 0.276. The summed E-state index contributed by atoms with van der Waals surface area (Å²) in [5.41, 5.74) is 9.01. The molecule has 1 aliphatic heterocycles. The monoisotopic (exact) mass is 466 g/mol. The fourth-order valence-corrected chi connectivity index (χ4v) is 1.98. The van der Waals surface area contributed by atoms with Gasteiger partial charge >= 0.3 is 21.1 Å². The Morgan fingerprint density at radius 1 is 1.10 bits per heavy atom. The second kappa shape index (κ2) is 7.71. The van der Waals surface area contributed by atoms with Crippen molar-refractivity contribution in [2.75, 3.05) is 0 Å². The molecule has 2 aliphatic rings. The zero-order valence-electron chi connectivity index (χ0n) is 10.7. The summed E-state index contributed by atoms with van der Waals surface area (Å²) in [6.07, 6.45) is 4.18. The SMILES string of the molecule is N[C@@H]1CCCC[C@H]1N.O=C1CC(C(=O)[O-])(C(=O)[O-])N1.[Pt+2]. The number of carboxylic acid groups (broad SMARTS) is 2. The van der Waals surface area contributed by atoms with Crippen molar-refractivity contribution in [2.24, 2.45) is 11.5 Å². The fraction of sp³-hybridized carbons (Fsp3) is 0.727. The molecule has 0 radical (unpaired) electrons. The van der Waals surface area contributed by atoms with Gasteiger partial charge in [-0.15, -0.1) is 0 Å². The second-order valence-electron chi connectivity index (χ2n) is 4.82. The number of nitrogens with one attached hydrogen (secondary N) is 1. The first-order valence-electron chi connectivity index (χ1n) is 6.04. The van der Waals surface area contributed by atoms with E-state index in [1.54, 1.807) is 5.32 Å². The molecule has 9 heteroatoms. The van der Waals surface area contributed by atoms with Gasteiger partial charge in [-0.2, -0.15) is 0 Å². The average molecular weight is 466 g/mol. The van der Waals surface area contributed by atoms with Crippen LogP contribution in [0.3, 0.4) is 0 Å². The van der Waals surface area contributed by atoms with Gasteiger partial charge in [-0.25, -0.2) is 0 Å². The summed E-state index contributed by atoms with van der Waals surface area (Å²) in [6.45, 7) is 0. The maximum absolute atomic E-state index is 10.2. The number of carboxylic acids is 2. The maximum atomic E-state index is 10.2. The van der Waals surface area contributed by atoms with Crippen LogP contribution in [-0.4, -0.2) is 35.5 Å². The number of rotatable bonds is 2. The summed E-state index contributed by atoms with van der Waals surface area (Å²) in [5, 5.41) is 22.0. The number of hydrogen-bond acceptors (Lipinski definition) is 7. The number of aliphatic carboxylic acids is 2. The van der Waals surface area contributed by atoms with E-state index in [-0.39, 0.29) is 33.1 Å². The molecule has 1 aliphatic carbocycles. The van der Waals surface area contributed by atoms with Gasteiger partial charge < -0.3 is 36.6 Å². The van der Waals surface area contributed by atoms with E-state index in [0.29, 0.717) is 0 Å². The van der Waals surface area contributed by atoms with Crippen LogP contribution in [0, 0.1) is 0 Å². The minimum absolute atomic E-state index is 0. The molecule has 2 rings (SSSR count). The molecule has 1 saturated heterocycles. The van der Waals surface area contributed by atoms with Crippen molar-refractivity contribution in [3.05, 3.63) is 0 Å². The largest absolute Gasteiger partial charge is 2.00 e. The molecule has 5 N–H and O–H groups in total. The van der Waals surface area contributed by atoms with Gasteiger partial charge in [0.15, 0.2) is 0 Å². The molecule has 0 bridgehead atoms. The number of nitrogens with two attached hydrogens (primary N) is 2. The van der Waals surface area contributed by atoms with Crippen LogP contribution in [0.5, 0.6) is 0 Å². The molecular formula is C11H17N3O5Pt. The zero-order chi connectivity index (χ0) is 14.6. The van der Waals surface area contributed by atoms with Crippen molar-refractivity contribution in [1.29, 1.82) is 0 Å². The molecule has 2 fully saturated rings. The first-order valence-corrected chi connectivity index (χ1v) is 6.04. The van der Waals surface area contributed by atoms with Gasteiger partial charge in [0, 0.05) is 12.1 Å². The molecule has 116 valence electrons. The third-order valence-corrected chi connectivity index (χ3v) is 3.35. The second-order valence-corrected chi connectivity index (χ2v) is 4.82. The number of carbonyl (C=O) groups is 3. The summed E-state index contributed by atoms with van der Waals surface area (Å²) in [6, 6.07) is 0.562. The van der Waals surface area contributed by atoms with Crippen LogP contribution in [-0.2, 0) is 35.4 Å². The van der Waals surface area contributed by atoms with E-state index in [2.05, 4.69) is 0 Å². The third kappa shape index (κ3) is 4.26. The normalized spacial score (nSPS) is 26.8. The molecule has 1 saturated carbocycles. The summed E-state index contributed by atoms with van der Waals surface area (Å²) < 4.78 is 0. The number of hydrogen-bond donors (Lipinski definition) is 3. The first kappa shape index (κ1) is 19.0. The fourth-order valence-electron chi connectivity index (χ4n) is 1.98. The Balaban J connectivity index is 0.000000359.